The number of carbonyl (C=O) groups is 1. The fourth-order valence-electron chi connectivity index (χ4n) is 2.76. The van der Waals surface area contributed by atoms with Gasteiger partial charge in [-0.3, -0.25) is 9.69 Å². The van der Waals surface area contributed by atoms with Gasteiger partial charge < -0.3 is 10.2 Å². The molecule has 1 unspecified atom stereocenters. The molecule has 2 rings (SSSR count). The van der Waals surface area contributed by atoms with Crippen LogP contribution in [0.2, 0.25) is 0 Å². The number of halogens is 1. The van der Waals surface area contributed by atoms with E-state index in [9.17, 15) is 9.18 Å². The van der Waals surface area contributed by atoms with Gasteiger partial charge in [0.1, 0.15) is 5.82 Å². The summed E-state index contributed by atoms with van der Waals surface area (Å²) in [7, 11) is 2.13. The van der Waals surface area contributed by atoms with E-state index in [1.807, 2.05) is 6.92 Å². The molecule has 1 amide bonds. The molecule has 1 aromatic rings. The SMILES string of the molecule is CC(CC(=O)NCCN1CCN(C)CC1)c1ccccc1F. The molecule has 1 aliphatic rings. The summed E-state index contributed by atoms with van der Waals surface area (Å²) in [5.41, 5.74) is 0.608. The number of hydrogen-bond acceptors (Lipinski definition) is 3. The average molecular weight is 307 g/mol. The molecule has 1 aromatic carbocycles. The van der Waals surface area contributed by atoms with Crippen molar-refractivity contribution in [1.82, 2.24) is 15.1 Å². The second kappa shape index (κ2) is 8.25. The van der Waals surface area contributed by atoms with Gasteiger partial charge in [-0.15, -0.1) is 0 Å². The zero-order valence-electron chi connectivity index (χ0n) is 13.5. The van der Waals surface area contributed by atoms with Gasteiger partial charge in [-0.25, -0.2) is 4.39 Å². The molecule has 0 radical (unpaired) electrons. The van der Waals surface area contributed by atoms with Crippen molar-refractivity contribution in [2.45, 2.75) is 19.3 Å². The maximum atomic E-state index is 13.7. The highest BCUT2D eigenvalue weighted by atomic mass is 19.1. The molecule has 0 aliphatic carbocycles. The van der Waals surface area contributed by atoms with E-state index >= 15 is 0 Å². The van der Waals surface area contributed by atoms with Crippen LogP contribution in [0.25, 0.3) is 0 Å². The van der Waals surface area contributed by atoms with Crippen molar-refractivity contribution in [3.05, 3.63) is 35.6 Å². The van der Waals surface area contributed by atoms with Crippen LogP contribution < -0.4 is 5.32 Å². The third kappa shape index (κ3) is 5.07. The smallest absolute Gasteiger partial charge is 0.220 e. The zero-order chi connectivity index (χ0) is 15.9. The molecule has 0 aromatic heterocycles. The molecule has 1 N–H and O–H groups in total. The third-order valence-corrected chi connectivity index (χ3v) is 4.27. The molecule has 22 heavy (non-hydrogen) atoms. The normalized spacial score (nSPS) is 18.1. The largest absolute Gasteiger partial charge is 0.355 e. The number of rotatable bonds is 6. The Bertz CT molecular complexity index is 487. The van der Waals surface area contributed by atoms with Crippen LogP contribution in [0.15, 0.2) is 24.3 Å². The number of hydrogen-bond donors (Lipinski definition) is 1. The molecular formula is C17H26FN3O. The van der Waals surface area contributed by atoms with Crippen LogP contribution >= 0.6 is 0 Å². The summed E-state index contributed by atoms with van der Waals surface area (Å²) in [5, 5.41) is 2.94. The van der Waals surface area contributed by atoms with Gasteiger partial charge in [-0.05, 0) is 24.6 Å². The fraction of sp³-hybridized carbons (Fsp3) is 0.588. The van der Waals surface area contributed by atoms with Crippen molar-refractivity contribution in [3.63, 3.8) is 0 Å². The number of nitrogens with zero attached hydrogens (tertiary/aromatic N) is 2. The molecule has 122 valence electrons. The Morgan fingerprint density at radius 1 is 1.27 bits per heavy atom. The molecule has 0 spiro atoms. The number of benzene rings is 1. The molecule has 1 aliphatic heterocycles. The fourth-order valence-corrected chi connectivity index (χ4v) is 2.76. The lowest BCUT2D eigenvalue weighted by Crippen LogP contribution is -2.46. The van der Waals surface area contributed by atoms with Gasteiger partial charge in [0.05, 0.1) is 0 Å². The Morgan fingerprint density at radius 2 is 1.95 bits per heavy atom. The minimum atomic E-state index is -0.236. The lowest BCUT2D eigenvalue weighted by molar-refractivity contribution is -0.121. The maximum Gasteiger partial charge on any atom is 0.220 e. The second-order valence-corrected chi connectivity index (χ2v) is 6.12. The number of likely N-dealkylation sites (N-methyl/N-ethyl adjacent to an activating group) is 1. The average Bonchev–Trinajstić information content (AvgIpc) is 2.49. The van der Waals surface area contributed by atoms with Crippen LogP contribution in [0, 0.1) is 5.82 Å². The Hall–Kier alpha value is -1.46. The van der Waals surface area contributed by atoms with Gasteiger partial charge in [0.25, 0.3) is 0 Å². The minimum absolute atomic E-state index is 0.00937. The topological polar surface area (TPSA) is 35.6 Å². The molecule has 1 fully saturated rings. The summed E-state index contributed by atoms with van der Waals surface area (Å²) in [6, 6.07) is 6.66. The summed E-state index contributed by atoms with van der Waals surface area (Å²) >= 11 is 0. The Kier molecular flexibility index (Phi) is 6.34. The van der Waals surface area contributed by atoms with Crippen molar-refractivity contribution in [3.8, 4) is 0 Å². The molecule has 1 saturated heterocycles. The van der Waals surface area contributed by atoms with E-state index in [-0.39, 0.29) is 17.6 Å². The van der Waals surface area contributed by atoms with E-state index in [4.69, 9.17) is 0 Å². The van der Waals surface area contributed by atoms with E-state index in [0.717, 1.165) is 32.7 Å². The van der Waals surface area contributed by atoms with Crippen LogP contribution in [0.4, 0.5) is 4.39 Å². The van der Waals surface area contributed by atoms with Crippen molar-refractivity contribution < 1.29 is 9.18 Å². The molecule has 1 atom stereocenters. The van der Waals surface area contributed by atoms with E-state index in [1.54, 1.807) is 18.2 Å². The minimum Gasteiger partial charge on any atom is -0.355 e. The molecule has 0 bridgehead atoms. The third-order valence-electron chi connectivity index (χ3n) is 4.27. The van der Waals surface area contributed by atoms with E-state index < -0.39 is 0 Å². The van der Waals surface area contributed by atoms with Crippen LogP contribution in [0.3, 0.4) is 0 Å². The molecule has 4 nitrogen and oxygen atoms in total. The first-order chi connectivity index (χ1) is 10.6. The predicted molar refractivity (Wildman–Crippen MR) is 86.4 cm³/mol. The standard InChI is InChI=1S/C17H26FN3O/c1-14(15-5-3-4-6-16(15)18)13-17(22)19-7-8-21-11-9-20(2)10-12-21/h3-6,14H,7-13H2,1-2H3,(H,19,22). The quantitative estimate of drug-likeness (QED) is 0.868. The first-order valence-electron chi connectivity index (χ1n) is 7.98. The summed E-state index contributed by atoms with van der Waals surface area (Å²) < 4.78 is 13.7. The maximum absolute atomic E-state index is 13.7. The van der Waals surface area contributed by atoms with Crippen LogP contribution in [-0.2, 0) is 4.79 Å². The van der Waals surface area contributed by atoms with Crippen molar-refractivity contribution in [2.24, 2.45) is 0 Å². The number of piperazine rings is 1. The van der Waals surface area contributed by atoms with Gasteiger partial charge in [-0.2, -0.15) is 0 Å². The monoisotopic (exact) mass is 307 g/mol. The first-order valence-corrected chi connectivity index (χ1v) is 7.98. The Balaban J connectivity index is 1.68. The molecule has 5 heteroatoms. The first kappa shape index (κ1) is 16.9. The predicted octanol–water partition coefficient (Wildman–Crippen LogP) is 1.68. The summed E-state index contributed by atoms with van der Waals surface area (Å²) in [4.78, 5) is 16.6. The van der Waals surface area contributed by atoms with Gasteiger partial charge >= 0.3 is 0 Å². The number of nitrogens with one attached hydrogen (secondary N) is 1. The highest BCUT2D eigenvalue weighted by molar-refractivity contribution is 5.76. The van der Waals surface area contributed by atoms with Crippen molar-refractivity contribution in [1.29, 1.82) is 0 Å². The zero-order valence-corrected chi connectivity index (χ0v) is 13.5. The summed E-state index contributed by atoms with van der Waals surface area (Å²) in [5.74, 6) is -0.352. The number of carbonyl (C=O) groups excluding carboxylic acids is 1. The number of amides is 1. The van der Waals surface area contributed by atoms with Gasteiger partial charge in [-0.1, -0.05) is 25.1 Å². The highest BCUT2D eigenvalue weighted by Crippen LogP contribution is 2.21. The summed E-state index contributed by atoms with van der Waals surface area (Å²) in [6.45, 7) is 7.70. The molecule has 1 heterocycles. The Morgan fingerprint density at radius 3 is 2.64 bits per heavy atom. The van der Waals surface area contributed by atoms with Crippen LogP contribution in [0.5, 0.6) is 0 Å². The van der Waals surface area contributed by atoms with Crippen molar-refractivity contribution >= 4 is 5.91 Å². The van der Waals surface area contributed by atoms with E-state index in [0.29, 0.717) is 18.5 Å². The van der Waals surface area contributed by atoms with E-state index in [1.165, 1.54) is 6.07 Å². The summed E-state index contributed by atoms with van der Waals surface area (Å²) in [6.07, 6.45) is 0.323. The van der Waals surface area contributed by atoms with Gasteiger partial charge in [0.15, 0.2) is 0 Å². The van der Waals surface area contributed by atoms with Crippen LogP contribution in [0.1, 0.15) is 24.8 Å². The molecular weight excluding hydrogens is 281 g/mol. The Labute approximate surface area is 132 Å². The van der Waals surface area contributed by atoms with Gasteiger partial charge in [0, 0.05) is 45.7 Å². The molecule has 0 saturated carbocycles. The second-order valence-electron chi connectivity index (χ2n) is 6.12. The lowest BCUT2D eigenvalue weighted by Gasteiger charge is -2.32. The highest BCUT2D eigenvalue weighted by Gasteiger charge is 2.16. The van der Waals surface area contributed by atoms with Crippen LogP contribution in [-0.4, -0.2) is 62.0 Å². The van der Waals surface area contributed by atoms with Gasteiger partial charge in [0.2, 0.25) is 5.91 Å². The van der Waals surface area contributed by atoms with Crippen molar-refractivity contribution in [2.75, 3.05) is 46.3 Å². The lowest BCUT2D eigenvalue weighted by atomic mass is 9.97. The van der Waals surface area contributed by atoms with E-state index in [2.05, 4.69) is 22.2 Å².